The molecule has 0 heterocycles. The lowest BCUT2D eigenvalue weighted by Crippen LogP contribution is -3.00. The quantitative estimate of drug-likeness (QED) is 0.626. The van der Waals surface area contributed by atoms with Gasteiger partial charge in [-0.05, 0) is 12.1 Å². The molecule has 1 aromatic carbocycles. The van der Waals surface area contributed by atoms with E-state index in [1.54, 1.807) is 18.2 Å². The van der Waals surface area contributed by atoms with Crippen LogP contribution in [0.15, 0.2) is 18.2 Å². The van der Waals surface area contributed by atoms with Crippen molar-refractivity contribution in [3.63, 3.8) is 0 Å². The zero-order chi connectivity index (χ0) is 8.27. The highest BCUT2D eigenvalue weighted by molar-refractivity contribution is 6.35. The van der Waals surface area contributed by atoms with Crippen LogP contribution in [-0.4, -0.2) is 0 Å². The Kier molecular flexibility index (Phi) is 5.63. The van der Waals surface area contributed by atoms with Crippen LogP contribution in [0.4, 0.5) is 0 Å². The molecule has 0 aliphatic rings. The number of hydrogen-bond acceptors (Lipinski definition) is 1. The minimum absolute atomic E-state index is 0. The Hall–Kier alpha value is 0.01000. The van der Waals surface area contributed by atoms with Crippen LogP contribution in [0.5, 0.6) is 0 Å². The molecular formula is C7H8Cl3NO. The second kappa shape index (κ2) is 5.62. The van der Waals surface area contributed by atoms with E-state index >= 15 is 0 Å². The fourth-order valence-electron chi connectivity index (χ4n) is 0.772. The largest absolute Gasteiger partial charge is 1.00 e. The standard InChI is InChI=1S/C7H8Cl2NO.ClH/c8-6-2-1-3-7(9)5(6)4-11-10;/h1-3H,4H2,10H3;1H/q+1;/p-1. The van der Waals surface area contributed by atoms with Crippen molar-refractivity contribution in [2.45, 2.75) is 6.61 Å². The maximum atomic E-state index is 5.82. The molecule has 0 amide bonds. The van der Waals surface area contributed by atoms with Gasteiger partial charge in [0.15, 0.2) is 0 Å². The van der Waals surface area contributed by atoms with Gasteiger partial charge < -0.3 is 12.4 Å². The maximum absolute atomic E-state index is 5.82. The van der Waals surface area contributed by atoms with E-state index in [1.807, 2.05) is 0 Å². The highest BCUT2D eigenvalue weighted by Crippen LogP contribution is 2.24. The smallest absolute Gasteiger partial charge is 0.134 e. The van der Waals surface area contributed by atoms with Gasteiger partial charge in [0.2, 0.25) is 0 Å². The monoisotopic (exact) mass is 227 g/mol. The lowest BCUT2D eigenvalue weighted by molar-refractivity contribution is -0.695. The first kappa shape index (κ1) is 12.0. The van der Waals surface area contributed by atoms with Crippen LogP contribution in [0, 0.1) is 0 Å². The molecule has 68 valence electrons. The average Bonchev–Trinajstić information content (AvgIpc) is 1.97. The molecule has 0 saturated carbocycles. The fourth-order valence-corrected chi connectivity index (χ4v) is 1.28. The summed E-state index contributed by atoms with van der Waals surface area (Å²) in [5.41, 5.74) is 0.783. The Balaban J connectivity index is 0.00000121. The average molecular weight is 229 g/mol. The lowest BCUT2D eigenvalue weighted by atomic mass is 10.2. The summed E-state index contributed by atoms with van der Waals surface area (Å²) >= 11 is 11.6. The summed E-state index contributed by atoms with van der Waals surface area (Å²) in [4.78, 5) is 4.67. The maximum Gasteiger partial charge on any atom is 0.134 e. The van der Waals surface area contributed by atoms with E-state index < -0.39 is 0 Å². The molecule has 0 bridgehead atoms. The van der Waals surface area contributed by atoms with Crippen molar-refractivity contribution in [2.24, 2.45) is 0 Å². The van der Waals surface area contributed by atoms with Crippen molar-refractivity contribution in [3.8, 4) is 0 Å². The zero-order valence-electron chi connectivity index (χ0n) is 6.19. The molecule has 0 spiro atoms. The summed E-state index contributed by atoms with van der Waals surface area (Å²) in [5.74, 6) is 3.25. The number of quaternary nitrogens is 1. The Labute approximate surface area is 87.0 Å². The van der Waals surface area contributed by atoms with E-state index in [0.717, 1.165) is 5.56 Å². The van der Waals surface area contributed by atoms with Gasteiger partial charge in [-0.25, -0.2) is 10.7 Å². The van der Waals surface area contributed by atoms with E-state index in [9.17, 15) is 0 Å². The minimum atomic E-state index is 0. The number of rotatable bonds is 2. The fraction of sp³-hybridized carbons (Fsp3) is 0.143. The summed E-state index contributed by atoms with van der Waals surface area (Å²) in [6.07, 6.45) is 0. The molecule has 0 unspecified atom stereocenters. The Bertz CT molecular complexity index is 234. The molecule has 0 aliphatic heterocycles. The highest BCUT2D eigenvalue weighted by Gasteiger charge is 2.04. The van der Waals surface area contributed by atoms with Gasteiger partial charge in [-0.3, -0.25) is 0 Å². The Morgan fingerprint density at radius 1 is 1.25 bits per heavy atom. The summed E-state index contributed by atoms with van der Waals surface area (Å²) in [7, 11) is 0. The second-order valence-electron chi connectivity index (χ2n) is 2.05. The zero-order valence-corrected chi connectivity index (χ0v) is 8.46. The summed E-state index contributed by atoms with van der Waals surface area (Å²) in [6.45, 7) is 0.346. The molecule has 0 saturated heterocycles. The van der Waals surface area contributed by atoms with E-state index in [4.69, 9.17) is 23.2 Å². The Morgan fingerprint density at radius 2 is 1.75 bits per heavy atom. The predicted molar refractivity (Wildman–Crippen MR) is 44.1 cm³/mol. The minimum Gasteiger partial charge on any atom is -1.00 e. The molecule has 0 atom stereocenters. The summed E-state index contributed by atoms with van der Waals surface area (Å²) < 4.78 is 0. The molecule has 3 N–H and O–H groups in total. The van der Waals surface area contributed by atoms with Gasteiger partial charge in [0.05, 0.1) is 0 Å². The number of benzene rings is 1. The van der Waals surface area contributed by atoms with Gasteiger partial charge in [-0.2, -0.15) is 0 Å². The second-order valence-corrected chi connectivity index (χ2v) is 2.86. The molecule has 0 radical (unpaired) electrons. The van der Waals surface area contributed by atoms with Crippen molar-refractivity contribution in [1.82, 2.24) is 0 Å². The SMILES string of the molecule is [Cl-].[NH3+]OCc1c(Cl)cccc1Cl. The van der Waals surface area contributed by atoms with E-state index in [0.29, 0.717) is 16.7 Å². The number of hydrogen-bond donors (Lipinski definition) is 1. The van der Waals surface area contributed by atoms with Gasteiger partial charge in [0.1, 0.15) is 6.61 Å². The van der Waals surface area contributed by atoms with Crippen molar-refractivity contribution in [3.05, 3.63) is 33.8 Å². The van der Waals surface area contributed by atoms with Crippen molar-refractivity contribution >= 4 is 23.2 Å². The molecular weight excluding hydrogens is 220 g/mol. The first-order chi connectivity index (χ1) is 5.25. The molecule has 0 aromatic heterocycles. The van der Waals surface area contributed by atoms with Gasteiger partial charge in [0.25, 0.3) is 0 Å². The van der Waals surface area contributed by atoms with E-state index in [1.165, 1.54) is 0 Å². The third kappa shape index (κ3) is 2.81. The highest BCUT2D eigenvalue weighted by atomic mass is 35.5. The third-order valence-electron chi connectivity index (χ3n) is 1.31. The van der Waals surface area contributed by atoms with Crippen LogP contribution in [0.2, 0.25) is 10.0 Å². The molecule has 0 aliphatic carbocycles. The summed E-state index contributed by atoms with van der Waals surface area (Å²) in [6, 6.07) is 5.32. The van der Waals surface area contributed by atoms with E-state index in [2.05, 4.69) is 10.7 Å². The van der Waals surface area contributed by atoms with Crippen LogP contribution < -0.4 is 18.3 Å². The first-order valence-corrected chi connectivity index (χ1v) is 3.81. The van der Waals surface area contributed by atoms with Crippen LogP contribution in [0.3, 0.4) is 0 Å². The van der Waals surface area contributed by atoms with Gasteiger partial charge in [-0.15, -0.1) is 0 Å². The van der Waals surface area contributed by atoms with Crippen molar-refractivity contribution in [2.75, 3.05) is 0 Å². The lowest BCUT2D eigenvalue weighted by Gasteiger charge is -2.01. The predicted octanol–water partition coefficient (Wildman–Crippen LogP) is -1.33. The van der Waals surface area contributed by atoms with Crippen LogP contribution in [0.25, 0.3) is 0 Å². The molecule has 5 heteroatoms. The molecule has 12 heavy (non-hydrogen) atoms. The van der Waals surface area contributed by atoms with Gasteiger partial charge in [0, 0.05) is 15.6 Å². The molecule has 1 rings (SSSR count). The van der Waals surface area contributed by atoms with Crippen molar-refractivity contribution < 1.29 is 23.1 Å². The molecule has 1 aromatic rings. The van der Waals surface area contributed by atoms with Gasteiger partial charge >= 0.3 is 0 Å². The number of halogens is 3. The third-order valence-corrected chi connectivity index (χ3v) is 2.02. The van der Waals surface area contributed by atoms with Crippen LogP contribution in [-0.2, 0) is 11.4 Å². The Morgan fingerprint density at radius 3 is 2.17 bits per heavy atom. The van der Waals surface area contributed by atoms with E-state index in [-0.39, 0.29) is 12.4 Å². The van der Waals surface area contributed by atoms with Gasteiger partial charge in [-0.1, -0.05) is 29.3 Å². The first-order valence-electron chi connectivity index (χ1n) is 3.05. The molecule has 0 fully saturated rings. The molecule has 2 nitrogen and oxygen atoms in total. The van der Waals surface area contributed by atoms with Crippen molar-refractivity contribution in [1.29, 1.82) is 0 Å². The summed E-state index contributed by atoms with van der Waals surface area (Å²) in [5, 5.41) is 1.22. The normalized spacial score (nSPS) is 9.25. The van der Waals surface area contributed by atoms with Crippen LogP contribution in [0.1, 0.15) is 5.56 Å². The topological polar surface area (TPSA) is 36.9 Å². The van der Waals surface area contributed by atoms with Crippen LogP contribution >= 0.6 is 23.2 Å².